The third-order valence-corrected chi connectivity index (χ3v) is 4.37. The lowest BCUT2D eigenvalue weighted by molar-refractivity contribution is -0.119. The molecule has 0 radical (unpaired) electrons. The van der Waals surface area contributed by atoms with Crippen LogP contribution in [0, 0.1) is 13.8 Å². The molecule has 0 aliphatic carbocycles. The molecule has 0 aliphatic heterocycles. The van der Waals surface area contributed by atoms with E-state index in [9.17, 15) is 4.79 Å². The van der Waals surface area contributed by atoms with Crippen LogP contribution in [0.5, 0.6) is 0 Å². The van der Waals surface area contributed by atoms with Crippen molar-refractivity contribution < 1.29 is 13.6 Å². The summed E-state index contributed by atoms with van der Waals surface area (Å²) in [5, 5.41) is 11.3. The average Bonchev–Trinajstić information content (AvgIpc) is 3.24. The second kappa shape index (κ2) is 7.57. The number of benzene rings is 1. The number of aromatic nitrogens is 2. The first-order chi connectivity index (χ1) is 12.0. The van der Waals surface area contributed by atoms with Gasteiger partial charge in [-0.15, -0.1) is 10.2 Å². The van der Waals surface area contributed by atoms with Crippen LogP contribution in [0.3, 0.4) is 0 Å². The molecule has 1 aromatic carbocycles. The Balaban J connectivity index is 1.57. The minimum Gasteiger partial charge on any atom is -0.467 e. The summed E-state index contributed by atoms with van der Waals surface area (Å²) in [5.74, 6) is 1.24. The molecule has 0 aliphatic rings. The zero-order chi connectivity index (χ0) is 17.8. The maximum Gasteiger partial charge on any atom is 0.277 e. The van der Waals surface area contributed by atoms with E-state index >= 15 is 0 Å². The van der Waals surface area contributed by atoms with E-state index in [1.807, 2.05) is 39.0 Å². The Hall–Kier alpha value is -2.54. The van der Waals surface area contributed by atoms with Gasteiger partial charge in [-0.05, 0) is 45.0 Å². The van der Waals surface area contributed by atoms with Crippen LogP contribution in [-0.4, -0.2) is 21.9 Å². The van der Waals surface area contributed by atoms with Crippen LogP contribution in [0.15, 0.2) is 50.7 Å². The van der Waals surface area contributed by atoms with E-state index in [-0.39, 0.29) is 17.7 Å². The molecule has 0 spiro atoms. The van der Waals surface area contributed by atoms with Crippen LogP contribution in [-0.2, 0) is 4.79 Å². The number of nitrogens with zero attached hydrogens (tertiary/aromatic N) is 2. The summed E-state index contributed by atoms with van der Waals surface area (Å²) in [5.41, 5.74) is 3.15. The van der Waals surface area contributed by atoms with E-state index in [1.54, 1.807) is 12.3 Å². The van der Waals surface area contributed by atoms with Gasteiger partial charge in [0.05, 0.1) is 18.1 Å². The number of thioether (sulfide) groups is 1. The number of furan rings is 1. The highest BCUT2D eigenvalue weighted by Gasteiger charge is 2.15. The standard InChI is InChI=1S/C18H19N3O3S/c1-11-7-12(2)9-14(8-11)17-20-21-18(24-17)25-10-16(22)19-13(3)15-5-4-6-23-15/h4-9,13H,10H2,1-3H3,(H,19,22)/t13-/m0/s1. The van der Waals surface area contributed by atoms with Crippen LogP contribution >= 0.6 is 11.8 Å². The van der Waals surface area contributed by atoms with Gasteiger partial charge in [-0.2, -0.15) is 0 Å². The first kappa shape index (κ1) is 17.3. The highest BCUT2D eigenvalue weighted by molar-refractivity contribution is 7.99. The van der Waals surface area contributed by atoms with Gasteiger partial charge in [0.1, 0.15) is 5.76 Å². The Morgan fingerprint density at radius 2 is 2.00 bits per heavy atom. The van der Waals surface area contributed by atoms with Crippen molar-refractivity contribution in [1.82, 2.24) is 15.5 Å². The molecular formula is C18H19N3O3S. The van der Waals surface area contributed by atoms with Crippen LogP contribution in [0.2, 0.25) is 0 Å². The number of rotatable bonds is 6. The molecule has 0 saturated carbocycles. The zero-order valence-electron chi connectivity index (χ0n) is 14.3. The third kappa shape index (κ3) is 4.51. The summed E-state index contributed by atoms with van der Waals surface area (Å²) < 4.78 is 10.9. The maximum absolute atomic E-state index is 12.0. The Kier molecular flexibility index (Phi) is 5.23. The third-order valence-electron chi connectivity index (χ3n) is 3.55. The van der Waals surface area contributed by atoms with Crippen molar-refractivity contribution in [1.29, 1.82) is 0 Å². The van der Waals surface area contributed by atoms with Crippen molar-refractivity contribution in [2.75, 3.05) is 5.75 Å². The predicted octanol–water partition coefficient (Wildman–Crippen LogP) is 3.92. The Morgan fingerprint density at radius 3 is 2.68 bits per heavy atom. The molecule has 0 fully saturated rings. The second-order valence-corrected chi connectivity index (χ2v) is 6.77. The van der Waals surface area contributed by atoms with Gasteiger partial charge in [0.2, 0.25) is 11.8 Å². The minimum atomic E-state index is -0.184. The molecule has 130 valence electrons. The number of carbonyl (C=O) groups excluding carboxylic acids is 1. The molecule has 1 amide bonds. The Bertz CT molecular complexity index is 838. The van der Waals surface area contributed by atoms with Crippen molar-refractivity contribution in [3.63, 3.8) is 0 Å². The van der Waals surface area contributed by atoms with Gasteiger partial charge in [-0.25, -0.2) is 0 Å². The van der Waals surface area contributed by atoms with E-state index in [0.717, 1.165) is 16.7 Å². The quantitative estimate of drug-likeness (QED) is 0.674. The van der Waals surface area contributed by atoms with E-state index in [4.69, 9.17) is 8.83 Å². The molecule has 6 nitrogen and oxygen atoms in total. The second-order valence-electron chi connectivity index (χ2n) is 5.84. The van der Waals surface area contributed by atoms with E-state index in [1.165, 1.54) is 11.8 Å². The highest BCUT2D eigenvalue weighted by Crippen LogP contribution is 2.25. The van der Waals surface area contributed by atoms with E-state index < -0.39 is 0 Å². The summed E-state index contributed by atoms with van der Waals surface area (Å²) in [7, 11) is 0. The lowest BCUT2D eigenvalue weighted by Crippen LogP contribution is -2.27. The fraction of sp³-hybridized carbons (Fsp3) is 0.278. The van der Waals surface area contributed by atoms with Gasteiger partial charge in [0, 0.05) is 5.56 Å². The smallest absolute Gasteiger partial charge is 0.277 e. The lowest BCUT2D eigenvalue weighted by Gasteiger charge is -2.10. The molecule has 3 rings (SSSR count). The number of amides is 1. The molecular weight excluding hydrogens is 338 g/mol. The monoisotopic (exact) mass is 357 g/mol. The van der Waals surface area contributed by atoms with Gasteiger partial charge in [-0.3, -0.25) is 4.79 Å². The molecule has 0 bridgehead atoms. The number of aryl methyl sites for hydroxylation is 2. The molecule has 7 heteroatoms. The summed E-state index contributed by atoms with van der Waals surface area (Å²) in [6.45, 7) is 5.91. The topological polar surface area (TPSA) is 81.2 Å². The van der Waals surface area contributed by atoms with Crippen molar-refractivity contribution in [2.24, 2.45) is 0 Å². The molecule has 25 heavy (non-hydrogen) atoms. The minimum absolute atomic E-state index is 0.125. The predicted molar refractivity (Wildman–Crippen MR) is 95.2 cm³/mol. The number of hydrogen-bond acceptors (Lipinski definition) is 6. The fourth-order valence-corrected chi connectivity index (χ4v) is 3.08. The largest absolute Gasteiger partial charge is 0.467 e. The number of hydrogen-bond donors (Lipinski definition) is 1. The lowest BCUT2D eigenvalue weighted by atomic mass is 10.1. The van der Waals surface area contributed by atoms with Crippen molar-refractivity contribution in [2.45, 2.75) is 32.0 Å². The summed E-state index contributed by atoms with van der Waals surface area (Å²) in [4.78, 5) is 12.0. The fourth-order valence-electron chi connectivity index (χ4n) is 2.50. The van der Waals surface area contributed by atoms with E-state index in [0.29, 0.717) is 16.9 Å². The number of nitrogens with one attached hydrogen (secondary N) is 1. The first-order valence-electron chi connectivity index (χ1n) is 7.89. The Labute approximate surface area is 150 Å². The molecule has 2 heterocycles. The van der Waals surface area contributed by atoms with Crippen molar-refractivity contribution in [3.8, 4) is 11.5 Å². The molecule has 0 saturated heterocycles. The molecule has 0 unspecified atom stereocenters. The zero-order valence-corrected chi connectivity index (χ0v) is 15.1. The van der Waals surface area contributed by atoms with Gasteiger partial charge >= 0.3 is 0 Å². The first-order valence-corrected chi connectivity index (χ1v) is 8.87. The van der Waals surface area contributed by atoms with Crippen LogP contribution < -0.4 is 5.32 Å². The Morgan fingerprint density at radius 1 is 1.24 bits per heavy atom. The highest BCUT2D eigenvalue weighted by atomic mass is 32.2. The molecule has 3 aromatic rings. The van der Waals surface area contributed by atoms with Gasteiger partial charge in [0.15, 0.2) is 0 Å². The summed E-state index contributed by atoms with van der Waals surface area (Å²) in [6.07, 6.45) is 1.58. The van der Waals surface area contributed by atoms with Gasteiger partial charge < -0.3 is 14.2 Å². The number of carbonyl (C=O) groups is 1. The SMILES string of the molecule is Cc1cc(C)cc(-c2nnc(SCC(=O)N[C@@H](C)c3ccco3)o2)c1. The van der Waals surface area contributed by atoms with Crippen LogP contribution in [0.4, 0.5) is 0 Å². The van der Waals surface area contributed by atoms with Gasteiger partial charge in [0.25, 0.3) is 5.22 Å². The summed E-state index contributed by atoms with van der Waals surface area (Å²) >= 11 is 1.21. The van der Waals surface area contributed by atoms with E-state index in [2.05, 4.69) is 21.6 Å². The average molecular weight is 357 g/mol. The normalized spacial score (nSPS) is 12.1. The molecule has 2 aromatic heterocycles. The van der Waals surface area contributed by atoms with Gasteiger partial charge in [-0.1, -0.05) is 29.0 Å². The maximum atomic E-state index is 12.0. The van der Waals surface area contributed by atoms with Crippen LogP contribution in [0.25, 0.3) is 11.5 Å². The molecule has 1 atom stereocenters. The van der Waals surface area contributed by atoms with Crippen molar-refractivity contribution in [3.05, 3.63) is 53.5 Å². The molecule has 1 N–H and O–H groups in total. The summed E-state index contributed by atoms with van der Waals surface area (Å²) in [6, 6.07) is 9.50. The van der Waals surface area contributed by atoms with Crippen LogP contribution in [0.1, 0.15) is 29.9 Å². The van der Waals surface area contributed by atoms with Crippen molar-refractivity contribution >= 4 is 17.7 Å².